The third-order valence-electron chi connectivity index (χ3n) is 2.30. The Morgan fingerprint density at radius 2 is 2.06 bits per heavy atom. The summed E-state index contributed by atoms with van der Waals surface area (Å²) in [5.41, 5.74) is 1.95. The largest absolute Gasteiger partial charge is 0.236 e. The van der Waals surface area contributed by atoms with Gasteiger partial charge in [0, 0.05) is 5.39 Å². The molecular formula is C13H11Cl2N. The van der Waals surface area contributed by atoms with Crippen LogP contribution in [0.1, 0.15) is 18.9 Å². The Morgan fingerprint density at radius 1 is 1.25 bits per heavy atom. The molecule has 0 unspecified atom stereocenters. The van der Waals surface area contributed by atoms with Gasteiger partial charge in [0.15, 0.2) is 0 Å². The van der Waals surface area contributed by atoms with E-state index < -0.39 is 0 Å². The molecule has 0 saturated heterocycles. The number of hydrogen-bond donors (Lipinski definition) is 0. The highest BCUT2D eigenvalue weighted by Crippen LogP contribution is 2.26. The van der Waals surface area contributed by atoms with Crippen molar-refractivity contribution in [3.63, 3.8) is 0 Å². The average Bonchev–Trinajstić information content (AvgIpc) is 2.26. The van der Waals surface area contributed by atoms with Crippen LogP contribution in [0.2, 0.25) is 10.2 Å². The van der Waals surface area contributed by atoms with Gasteiger partial charge in [-0.05, 0) is 30.2 Å². The topological polar surface area (TPSA) is 12.9 Å². The molecule has 1 heterocycles. The first-order chi connectivity index (χ1) is 7.70. The van der Waals surface area contributed by atoms with E-state index in [1.165, 1.54) is 0 Å². The molecule has 1 aromatic carbocycles. The van der Waals surface area contributed by atoms with Gasteiger partial charge in [0.2, 0.25) is 0 Å². The summed E-state index contributed by atoms with van der Waals surface area (Å²) in [5.74, 6) is 0. The van der Waals surface area contributed by atoms with Gasteiger partial charge >= 0.3 is 0 Å². The van der Waals surface area contributed by atoms with E-state index in [0.717, 1.165) is 22.9 Å². The van der Waals surface area contributed by atoms with Crippen LogP contribution in [0.4, 0.5) is 0 Å². The highest BCUT2D eigenvalue weighted by Gasteiger charge is 2.02. The van der Waals surface area contributed by atoms with E-state index >= 15 is 0 Å². The van der Waals surface area contributed by atoms with E-state index in [1.54, 1.807) is 6.07 Å². The summed E-state index contributed by atoms with van der Waals surface area (Å²) < 4.78 is 0. The lowest BCUT2D eigenvalue weighted by atomic mass is 10.1. The first-order valence-electron chi connectivity index (χ1n) is 5.13. The van der Waals surface area contributed by atoms with Crippen LogP contribution in [0.25, 0.3) is 17.0 Å². The summed E-state index contributed by atoms with van der Waals surface area (Å²) in [4.78, 5) is 4.21. The Hall–Kier alpha value is -1.05. The fourth-order valence-corrected chi connectivity index (χ4v) is 2.04. The fraction of sp³-hybridized carbons (Fsp3) is 0.154. The van der Waals surface area contributed by atoms with Gasteiger partial charge in [-0.3, -0.25) is 0 Å². The van der Waals surface area contributed by atoms with E-state index in [1.807, 2.05) is 18.2 Å². The second-order valence-electron chi connectivity index (χ2n) is 3.51. The van der Waals surface area contributed by atoms with Crippen molar-refractivity contribution >= 4 is 40.2 Å². The molecule has 2 aromatic rings. The van der Waals surface area contributed by atoms with Gasteiger partial charge in [-0.2, -0.15) is 0 Å². The maximum atomic E-state index is 6.12. The number of hydrogen-bond acceptors (Lipinski definition) is 1. The van der Waals surface area contributed by atoms with E-state index in [4.69, 9.17) is 23.2 Å². The molecular weight excluding hydrogens is 241 g/mol. The second kappa shape index (κ2) is 4.86. The lowest BCUT2D eigenvalue weighted by Gasteiger charge is -2.02. The SMILES string of the molecule is CC/C=C/c1ccc2nc(Cl)cc(Cl)c2c1. The average molecular weight is 252 g/mol. The molecule has 1 nitrogen and oxygen atoms in total. The van der Waals surface area contributed by atoms with Crippen LogP contribution in [0.3, 0.4) is 0 Å². The Morgan fingerprint density at radius 3 is 2.81 bits per heavy atom. The highest BCUT2D eigenvalue weighted by molar-refractivity contribution is 6.37. The van der Waals surface area contributed by atoms with Crippen molar-refractivity contribution in [3.8, 4) is 0 Å². The molecule has 0 aliphatic rings. The molecule has 0 spiro atoms. The van der Waals surface area contributed by atoms with Gasteiger partial charge in [-0.25, -0.2) is 4.98 Å². The number of pyridine rings is 1. The Bertz CT molecular complexity index is 547. The van der Waals surface area contributed by atoms with Crippen LogP contribution in [0.15, 0.2) is 30.3 Å². The molecule has 1 aromatic heterocycles. The number of benzene rings is 1. The lowest BCUT2D eigenvalue weighted by Crippen LogP contribution is -1.82. The predicted molar refractivity (Wildman–Crippen MR) is 71.1 cm³/mol. The maximum Gasteiger partial charge on any atom is 0.131 e. The molecule has 0 N–H and O–H groups in total. The summed E-state index contributed by atoms with van der Waals surface area (Å²) in [6.45, 7) is 2.10. The van der Waals surface area contributed by atoms with Gasteiger partial charge in [0.05, 0.1) is 10.5 Å². The molecule has 0 aliphatic carbocycles. The maximum absolute atomic E-state index is 6.12. The van der Waals surface area contributed by atoms with Crippen LogP contribution in [0.5, 0.6) is 0 Å². The van der Waals surface area contributed by atoms with Crippen LogP contribution in [0, 0.1) is 0 Å². The Labute approximate surface area is 105 Å². The van der Waals surface area contributed by atoms with Crippen molar-refractivity contribution in [2.24, 2.45) is 0 Å². The first kappa shape index (κ1) is 11.4. The molecule has 0 bridgehead atoms. The lowest BCUT2D eigenvalue weighted by molar-refractivity contribution is 1.23. The molecule has 16 heavy (non-hydrogen) atoms. The van der Waals surface area contributed by atoms with Crippen LogP contribution in [-0.4, -0.2) is 4.98 Å². The monoisotopic (exact) mass is 251 g/mol. The summed E-state index contributed by atoms with van der Waals surface area (Å²) in [7, 11) is 0. The molecule has 0 amide bonds. The van der Waals surface area contributed by atoms with Crippen LogP contribution >= 0.6 is 23.2 Å². The molecule has 0 radical (unpaired) electrons. The fourth-order valence-electron chi connectivity index (χ4n) is 1.53. The smallest absolute Gasteiger partial charge is 0.131 e. The van der Waals surface area contributed by atoms with E-state index in [0.29, 0.717) is 10.2 Å². The minimum Gasteiger partial charge on any atom is -0.236 e. The summed E-state index contributed by atoms with van der Waals surface area (Å²) >= 11 is 12.0. The van der Waals surface area contributed by atoms with Crippen molar-refractivity contribution in [3.05, 3.63) is 46.1 Å². The number of allylic oxidation sites excluding steroid dienone is 1. The number of fused-ring (bicyclic) bond motifs is 1. The first-order valence-corrected chi connectivity index (χ1v) is 5.88. The molecule has 0 fully saturated rings. The summed E-state index contributed by atoms with van der Waals surface area (Å²) in [6, 6.07) is 7.63. The molecule has 3 heteroatoms. The number of rotatable bonds is 2. The normalized spacial score (nSPS) is 11.4. The zero-order valence-electron chi connectivity index (χ0n) is 8.87. The number of nitrogens with zero attached hydrogens (tertiary/aromatic N) is 1. The van der Waals surface area contributed by atoms with Gasteiger partial charge in [0.25, 0.3) is 0 Å². The Balaban J connectivity index is 2.57. The quantitative estimate of drug-likeness (QED) is 0.688. The van der Waals surface area contributed by atoms with Crippen molar-refractivity contribution in [2.75, 3.05) is 0 Å². The Kier molecular flexibility index (Phi) is 3.47. The van der Waals surface area contributed by atoms with Crippen LogP contribution < -0.4 is 0 Å². The molecule has 0 aliphatic heterocycles. The molecule has 82 valence electrons. The minimum atomic E-state index is 0.425. The molecule has 0 saturated carbocycles. The van der Waals surface area contributed by atoms with Gasteiger partial charge < -0.3 is 0 Å². The third-order valence-corrected chi connectivity index (χ3v) is 2.80. The zero-order chi connectivity index (χ0) is 11.5. The van der Waals surface area contributed by atoms with E-state index in [2.05, 4.69) is 24.1 Å². The van der Waals surface area contributed by atoms with Gasteiger partial charge in [-0.1, -0.05) is 48.3 Å². The third kappa shape index (κ3) is 2.37. The van der Waals surface area contributed by atoms with Crippen molar-refractivity contribution < 1.29 is 0 Å². The van der Waals surface area contributed by atoms with Gasteiger partial charge in [0.1, 0.15) is 5.15 Å². The van der Waals surface area contributed by atoms with E-state index in [-0.39, 0.29) is 0 Å². The van der Waals surface area contributed by atoms with Crippen molar-refractivity contribution in [2.45, 2.75) is 13.3 Å². The van der Waals surface area contributed by atoms with Gasteiger partial charge in [-0.15, -0.1) is 0 Å². The zero-order valence-corrected chi connectivity index (χ0v) is 10.4. The second-order valence-corrected chi connectivity index (χ2v) is 4.31. The highest BCUT2D eigenvalue weighted by atomic mass is 35.5. The van der Waals surface area contributed by atoms with Crippen molar-refractivity contribution in [1.82, 2.24) is 4.98 Å². The number of aromatic nitrogens is 1. The van der Waals surface area contributed by atoms with Crippen LogP contribution in [-0.2, 0) is 0 Å². The van der Waals surface area contributed by atoms with E-state index in [9.17, 15) is 0 Å². The summed E-state index contributed by atoms with van der Waals surface area (Å²) in [5, 5.41) is 2.00. The predicted octanol–water partition coefficient (Wildman–Crippen LogP) is 4.96. The molecule has 2 rings (SSSR count). The molecule has 0 atom stereocenters. The summed E-state index contributed by atoms with van der Waals surface area (Å²) in [6.07, 6.45) is 5.20. The minimum absolute atomic E-state index is 0.425. The standard InChI is InChI=1S/C13H11Cl2N/c1-2-3-4-9-5-6-12-10(7-9)11(14)8-13(15)16-12/h3-8H,2H2,1H3/b4-3+. The number of halogens is 2. The van der Waals surface area contributed by atoms with Crippen molar-refractivity contribution in [1.29, 1.82) is 0 Å².